The van der Waals surface area contributed by atoms with Crippen LogP contribution in [0.3, 0.4) is 0 Å². The Balaban J connectivity index is 2.90. The van der Waals surface area contributed by atoms with Gasteiger partial charge < -0.3 is 4.90 Å². The molecule has 0 aliphatic carbocycles. The molecule has 0 unspecified atom stereocenters. The van der Waals surface area contributed by atoms with E-state index in [-0.39, 0.29) is 11.4 Å². The van der Waals surface area contributed by atoms with Crippen LogP contribution in [0.4, 0.5) is 0 Å². The van der Waals surface area contributed by atoms with Crippen LogP contribution >= 0.6 is 15.9 Å². The maximum atomic E-state index is 12.1. The van der Waals surface area contributed by atoms with Gasteiger partial charge in [-0.05, 0) is 48.3 Å². The third kappa shape index (κ3) is 2.82. The van der Waals surface area contributed by atoms with Crippen LogP contribution in [0.15, 0.2) is 22.8 Å². The molecule has 0 aliphatic rings. The molecule has 1 aromatic rings. The quantitative estimate of drug-likeness (QED) is 0.855. The summed E-state index contributed by atoms with van der Waals surface area (Å²) in [6.45, 7) is 6.16. The van der Waals surface area contributed by atoms with Crippen molar-refractivity contribution in [1.82, 2.24) is 9.88 Å². The molecule has 0 saturated heterocycles. The summed E-state index contributed by atoms with van der Waals surface area (Å²) in [6.07, 6.45) is 2.55. The summed E-state index contributed by atoms with van der Waals surface area (Å²) >= 11 is 3.30. The van der Waals surface area contributed by atoms with Gasteiger partial charge in [-0.3, -0.25) is 4.79 Å². The Kier molecular flexibility index (Phi) is 4.08. The smallest absolute Gasteiger partial charge is 0.272 e. The number of carbonyl (C=O) groups is 1. The van der Waals surface area contributed by atoms with Crippen molar-refractivity contribution >= 4 is 21.8 Å². The lowest BCUT2D eigenvalue weighted by Crippen LogP contribution is -2.44. The van der Waals surface area contributed by atoms with E-state index in [1.165, 1.54) is 0 Å². The lowest BCUT2D eigenvalue weighted by Gasteiger charge is -2.34. The van der Waals surface area contributed by atoms with Gasteiger partial charge in [0.2, 0.25) is 0 Å². The lowest BCUT2D eigenvalue weighted by atomic mass is 9.99. The fourth-order valence-corrected chi connectivity index (χ4v) is 1.42. The Bertz CT molecular complexity index is 373. The number of hydrogen-bond donors (Lipinski definition) is 0. The Morgan fingerprint density at radius 2 is 2.12 bits per heavy atom. The van der Waals surface area contributed by atoms with Gasteiger partial charge in [0.1, 0.15) is 5.69 Å². The number of aromatic nitrogens is 1. The Morgan fingerprint density at radius 3 is 2.56 bits per heavy atom. The molecule has 3 nitrogen and oxygen atoms in total. The van der Waals surface area contributed by atoms with E-state index < -0.39 is 0 Å². The number of carbonyl (C=O) groups excluding carboxylic acids is 1. The zero-order chi connectivity index (χ0) is 12.3. The third-order valence-electron chi connectivity index (χ3n) is 3.02. The van der Waals surface area contributed by atoms with E-state index in [2.05, 4.69) is 27.8 Å². The highest BCUT2D eigenvalue weighted by molar-refractivity contribution is 9.10. The first-order valence-electron chi connectivity index (χ1n) is 5.28. The number of hydrogen-bond acceptors (Lipinski definition) is 2. The van der Waals surface area contributed by atoms with Gasteiger partial charge in [-0.2, -0.15) is 0 Å². The van der Waals surface area contributed by atoms with Gasteiger partial charge in [-0.15, -0.1) is 0 Å². The number of pyridine rings is 1. The molecule has 0 radical (unpaired) electrons. The van der Waals surface area contributed by atoms with E-state index in [1.807, 2.05) is 27.0 Å². The minimum absolute atomic E-state index is 0.0423. The predicted molar refractivity (Wildman–Crippen MR) is 68.4 cm³/mol. The van der Waals surface area contributed by atoms with Crippen LogP contribution in [-0.4, -0.2) is 28.4 Å². The molecule has 1 amide bonds. The highest BCUT2D eigenvalue weighted by Crippen LogP contribution is 2.19. The molecule has 0 fully saturated rings. The van der Waals surface area contributed by atoms with Crippen LogP contribution in [-0.2, 0) is 0 Å². The molecule has 1 rings (SSSR count). The van der Waals surface area contributed by atoms with Gasteiger partial charge in [0.25, 0.3) is 5.91 Å². The minimum atomic E-state index is -0.147. The second-order valence-corrected chi connectivity index (χ2v) is 5.31. The number of amides is 1. The van der Waals surface area contributed by atoms with Crippen LogP contribution in [0.2, 0.25) is 0 Å². The number of rotatable bonds is 3. The van der Waals surface area contributed by atoms with Crippen LogP contribution in [0, 0.1) is 0 Å². The van der Waals surface area contributed by atoms with Crippen molar-refractivity contribution in [3.05, 3.63) is 28.5 Å². The maximum absolute atomic E-state index is 12.1. The lowest BCUT2D eigenvalue weighted by molar-refractivity contribution is 0.0614. The molecule has 4 heteroatoms. The summed E-state index contributed by atoms with van der Waals surface area (Å²) in [5.41, 5.74) is 0.332. The average Bonchev–Trinajstić information content (AvgIpc) is 2.28. The molecule has 16 heavy (non-hydrogen) atoms. The average molecular weight is 285 g/mol. The molecule has 0 saturated carbocycles. The summed E-state index contributed by atoms with van der Waals surface area (Å²) in [7, 11) is 1.82. The van der Waals surface area contributed by atoms with Crippen LogP contribution in [0.1, 0.15) is 37.7 Å². The summed E-state index contributed by atoms with van der Waals surface area (Å²) in [5.74, 6) is -0.0423. The first-order chi connectivity index (χ1) is 7.38. The second-order valence-electron chi connectivity index (χ2n) is 4.39. The van der Waals surface area contributed by atoms with Crippen molar-refractivity contribution in [3.8, 4) is 0 Å². The monoisotopic (exact) mass is 284 g/mol. The van der Waals surface area contributed by atoms with E-state index in [9.17, 15) is 4.79 Å². The van der Waals surface area contributed by atoms with Gasteiger partial charge in [0.15, 0.2) is 0 Å². The van der Waals surface area contributed by atoms with Crippen molar-refractivity contribution < 1.29 is 4.79 Å². The molecule has 0 spiro atoms. The highest BCUT2D eigenvalue weighted by Gasteiger charge is 2.26. The second kappa shape index (κ2) is 4.95. The van der Waals surface area contributed by atoms with Crippen LogP contribution in [0.5, 0.6) is 0 Å². The minimum Gasteiger partial charge on any atom is -0.335 e. The first-order valence-corrected chi connectivity index (χ1v) is 6.07. The molecule has 1 heterocycles. The zero-order valence-corrected chi connectivity index (χ0v) is 11.7. The molecule has 0 bridgehead atoms. The predicted octanol–water partition coefficient (Wildman–Crippen LogP) is 3.10. The van der Waals surface area contributed by atoms with E-state index in [0.717, 1.165) is 10.9 Å². The highest BCUT2D eigenvalue weighted by atomic mass is 79.9. The summed E-state index contributed by atoms with van der Waals surface area (Å²) in [4.78, 5) is 18.0. The number of halogens is 1. The van der Waals surface area contributed by atoms with E-state index >= 15 is 0 Å². The van der Waals surface area contributed by atoms with Crippen LogP contribution < -0.4 is 0 Å². The molecule has 1 aromatic heterocycles. The fourth-order valence-electron chi connectivity index (χ4n) is 1.19. The Labute approximate surface area is 105 Å². The van der Waals surface area contributed by atoms with Crippen molar-refractivity contribution in [2.24, 2.45) is 0 Å². The van der Waals surface area contributed by atoms with Crippen LogP contribution in [0.25, 0.3) is 0 Å². The zero-order valence-electron chi connectivity index (χ0n) is 10.1. The van der Waals surface area contributed by atoms with Gasteiger partial charge >= 0.3 is 0 Å². The largest absolute Gasteiger partial charge is 0.335 e. The molecule has 0 aromatic carbocycles. The van der Waals surface area contributed by atoms with Crippen molar-refractivity contribution in [2.75, 3.05) is 7.05 Å². The normalized spacial score (nSPS) is 11.3. The Morgan fingerprint density at radius 1 is 1.50 bits per heavy atom. The summed E-state index contributed by atoms with van der Waals surface area (Å²) < 4.78 is 0.876. The van der Waals surface area contributed by atoms with Crippen molar-refractivity contribution in [3.63, 3.8) is 0 Å². The molecule has 0 atom stereocenters. The van der Waals surface area contributed by atoms with Crippen molar-refractivity contribution in [1.29, 1.82) is 0 Å². The maximum Gasteiger partial charge on any atom is 0.272 e. The summed E-state index contributed by atoms with van der Waals surface area (Å²) in [5, 5.41) is 0. The number of nitrogens with zero attached hydrogens (tertiary/aromatic N) is 2. The van der Waals surface area contributed by atoms with E-state index in [0.29, 0.717) is 5.69 Å². The molecular formula is C12H17BrN2O. The SMILES string of the molecule is CCC(C)(C)N(C)C(=O)c1ccc(Br)cn1. The van der Waals surface area contributed by atoms with Gasteiger partial charge in [0, 0.05) is 23.3 Å². The van der Waals surface area contributed by atoms with Crippen molar-refractivity contribution in [2.45, 2.75) is 32.7 Å². The molecule has 88 valence electrons. The van der Waals surface area contributed by atoms with Gasteiger partial charge in [0.05, 0.1) is 0 Å². The first kappa shape index (κ1) is 13.2. The van der Waals surface area contributed by atoms with Gasteiger partial charge in [-0.1, -0.05) is 6.92 Å². The fraction of sp³-hybridized carbons (Fsp3) is 0.500. The topological polar surface area (TPSA) is 33.2 Å². The molecule has 0 aliphatic heterocycles. The Hall–Kier alpha value is -0.900. The molecular weight excluding hydrogens is 268 g/mol. The summed E-state index contributed by atoms with van der Waals surface area (Å²) in [6, 6.07) is 3.56. The third-order valence-corrected chi connectivity index (χ3v) is 3.49. The standard InChI is InChI=1S/C12H17BrN2O/c1-5-12(2,3)15(4)11(16)10-7-6-9(13)8-14-10/h6-8H,5H2,1-4H3. The van der Waals surface area contributed by atoms with E-state index in [4.69, 9.17) is 0 Å². The van der Waals surface area contributed by atoms with E-state index in [1.54, 1.807) is 17.2 Å². The van der Waals surface area contributed by atoms with Gasteiger partial charge in [-0.25, -0.2) is 4.98 Å². The molecule has 0 N–H and O–H groups in total.